The molecule has 0 aliphatic carbocycles. The average molecular weight is 348 g/mol. The molecule has 0 spiro atoms. The third-order valence-electron chi connectivity index (χ3n) is 3.25. The predicted octanol–water partition coefficient (Wildman–Crippen LogP) is 2.20. The Morgan fingerprint density at radius 1 is 1.32 bits per heavy atom. The van der Waals surface area contributed by atoms with Gasteiger partial charge in [-0.3, -0.25) is 9.69 Å². The largest absolute Gasteiger partial charge is 0.506 e. The Morgan fingerprint density at radius 3 is 2.58 bits per heavy atom. The molecule has 104 valence electrons. The molecule has 2 rings (SSSR count). The van der Waals surface area contributed by atoms with Crippen LogP contribution in [0.15, 0.2) is 18.2 Å². The highest BCUT2D eigenvalue weighted by Crippen LogP contribution is 2.24. The molecule has 4 nitrogen and oxygen atoms in total. The summed E-state index contributed by atoms with van der Waals surface area (Å²) < 4.78 is 0. The van der Waals surface area contributed by atoms with Gasteiger partial charge in [-0.05, 0) is 18.2 Å². The van der Waals surface area contributed by atoms with E-state index >= 15 is 0 Å². The zero-order valence-electron chi connectivity index (χ0n) is 10.5. The number of hydrogen-bond acceptors (Lipinski definition) is 3. The molecule has 0 unspecified atom stereocenters. The molecule has 6 heteroatoms. The third kappa shape index (κ3) is 3.61. The van der Waals surface area contributed by atoms with Gasteiger partial charge in [-0.25, -0.2) is 0 Å². The first-order valence-electron chi connectivity index (χ1n) is 6.18. The molecular weight excluding hydrogens is 332 g/mol. The van der Waals surface area contributed by atoms with Crippen molar-refractivity contribution in [2.45, 2.75) is 0 Å². The van der Waals surface area contributed by atoms with Crippen LogP contribution in [0.2, 0.25) is 5.02 Å². The number of halogens is 2. The number of nitrogens with zero attached hydrogens (tertiary/aromatic N) is 2. The van der Waals surface area contributed by atoms with Crippen molar-refractivity contribution in [3.05, 3.63) is 28.8 Å². The average Bonchev–Trinajstić information content (AvgIpc) is 2.42. The van der Waals surface area contributed by atoms with Crippen LogP contribution < -0.4 is 0 Å². The zero-order valence-corrected chi connectivity index (χ0v) is 12.8. The van der Waals surface area contributed by atoms with E-state index < -0.39 is 0 Å². The normalized spacial score (nSPS) is 16.6. The first kappa shape index (κ1) is 14.6. The van der Waals surface area contributed by atoms with E-state index in [-0.39, 0.29) is 16.7 Å². The summed E-state index contributed by atoms with van der Waals surface area (Å²) in [6.07, 6.45) is 0. The van der Waals surface area contributed by atoms with Crippen LogP contribution in [0.3, 0.4) is 0 Å². The van der Waals surface area contributed by atoms with Crippen molar-refractivity contribution in [3.8, 4) is 5.75 Å². The van der Waals surface area contributed by atoms with Crippen LogP contribution in [0, 0.1) is 0 Å². The fraction of sp³-hybridized carbons (Fsp3) is 0.462. The molecule has 1 heterocycles. The number of phenolic OH excluding ortho intramolecular Hbond substituents is 1. The van der Waals surface area contributed by atoms with E-state index in [1.54, 1.807) is 6.07 Å². The van der Waals surface area contributed by atoms with Crippen molar-refractivity contribution >= 4 is 33.4 Å². The molecule has 1 saturated heterocycles. The maximum atomic E-state index is 12.3. The lowest BCUT2D eigenvalue weighted by Crippen LogP contribution is -2.49. The highest BCUT2D eigenvalue weighted by molar-refractivity contribution is 9.09. The smallest absolute Gasteiger partial charge is 0.253 e. The molecule has 1 aliphatic heterocycles. The molecule has 0 aromatic heterocycles. The molecule has 19 heavy (non-hydrogen) atoms. The van der Waals surface area contributed by atoms with Gasteiger partial charge in [-0.1, -0.05) is 27.5 Å². The monoisotopic (exact) mass is 346 g/mol. The summed E-state index contributed by atoms with van der Waals surface area (Å²) in [7, 11) is 0. The second kappa shape index (κ2) is 6.59. The zero-order chi connectivity index (χ0) is 13.8. The SMILES string of the molecule is O=C(c1ccc(O)c(Cl)c1)N1CCN(CCBr)CC1. The fourth-order valence-electron chi connectivity index (χ4n) is 2.12. The fourth-order valence-corrected chi connectivity index (χ4v) is 2.80. The quantitative estimate of drug-likeness (QED) is 0.853. The number of alkyl halides is 1. The highest BCUT2D eigenvalue weighted by atomic mass is 79.9. The number of aromatic hydroxyl groups is 1. The van der Waals surface area contributed by atoms with Crippen molar-refractivity contribution < 1.29 is 9.90 Å². The Labute approximate surface area is 126 Å². The van der Waals surface area contributed by atoms with Gasteiger partial charge in [0.2, 0.25) is 0 Å². The van der Waals surface area contributed by atoms with Gasteiger partial charge in [-0.15, -0.1) is 0 Å². The number of phenols is 1. The Balaban J connectivity index is 1.99. The van der Waals surface area contributed by atoms with Crippen molar-refractivity contribution in [2.75, 3.05) is 38.1 Å². The van der Waals surface area contributed by atoms with Crippen LogP contribution >= 0.6 is 27.5 Å². The maximum Gasteiger partial charge on any atom is 0.253 e. The van der Waals surface area contributed by atoms with Crippen molar-refractivity contribution in [2.24, 2.45) is 0 Å². The summed E-state index contributed by atoms with van der Waals surface area (Å²) in [5.41, 5.74) is 0.525. The lowest BCUT2D eigenvalue weighted by Gasteiger charge is -2.34. The maximum absolute atomic E-state index is 12.3. The van der Waals surface area contributed by atoms with E-state index in [9.17, 15) is 9.90 Å². The van der Waals surface area contributed by atoms with E-state index in [0.717, 1.165) is 38.1 Å². The molecule has 0 radical (unpaired) electrons. The first-order valence-corrected chi connectivity index (χ1v) is 7.68. The molecular formula is C13H16BrClN2O2. The molecule has 1 aromatic rings. The molecule has 0 saturated carbocycles. The van der Waals surface area contributed by atoms with E-state index in [2.05, 4.69) is 20.8 Å². The second-order valence-electron chi connectivity index (χ2n) is 4.49. The number of benzene rings is 1. The van der Waals surface area contributed by atoms with Crippen LogP contribution in [0.4, 0.5) is 0 Å². The van der Waals surface area contributed by atoms with Gasteiger partial charge in [0.15, 0.2) is 0 Å². The summed E-state index contributed by atoms with van der Waals surface area (Å²) in [6, 6.07) is 4.58. The van der Waals surface area contributed by atoms with Gasteiger partial charge in [0.1, 0.15) is 5.75 Å². The van der Waals surface area contributed by atoms with Crippen LogP contribution in [-0.2, 0) is 0 Å². The van der Waals surface area contributed by atoms with E-state index in [1.165, 1.54) is 12.1 Å². The first-order chi connectivity index (χ1) is 9.11. The molecule has 1 N–H and O–H groups in total. The Bertz CT molecular complexity index is 462. The van der Waals surface area contributed by atoms with E-state index in [1.807, 2.05) is 4.90 Å². The third-order valence-corrected chi connectivity index (χ3v) is 3.91. The summed E-state index contributed by atoms with van der Waals surface area (Å²) in [5, 5.41) is 10.5. The number of hydrogen-bond donors (Lipinski definition) is 1. The van der Waals surface area contributed by atoms with Gasteiger partial charge >= 0.3 is 0 Å². The minimum Gasteiger partial charge on any atom is -0.506 e. The highest BCUT2D eigenvalue weighted by Gasteiger charge is 2.22. The lowest BCUT2D eigenvalue weighted by molar-refractivity contribution is 0.0645. The summed E-state index contributed by atoms with van der Waals surface area (Å²) in [4.78, 5) is 16.4. The molecule has 0 atom stereocenters. The van der Waals surface area contributed by atoms with Crippen molar-refractivity contribution in [3.63, 3.8) is 0 Å². The second-order valence-corrected chi connectivity index (χ2v) is 5.69. The number of carbonyl (C=O) groups excluding carboxylic acids is 1. The summed E-state index contributed by atoms with van der Waals surface area (Å²) in [6.45, 7) is 4.24. The molecule has 1 aliphatic rings. The standard InChI is InChI=1S/C13H16BrClN2O2/c14-3-4-16-5-7-17(8-6-16)13(19)10-1-2-12(18)11(15)9-10/h1-2,9,18H,3-8H2. The lowest BCUT2D eigenvalue weighted by atomic mass is 10.1. The molecule has 1 aromatic carbocycles. The summed E-state index contributed by atoms with van der Waals surface area (Å²) >= 11 is 9.25. The number of piperazine rings is 1. The number of amides is 1. The Hall–Kier alpha value is -0.780. The topological polar surface area (TPSA) is 43.8 Å². The van der Waals surface area contributed by atoms with Crippen LogP contribution in [0.5, 0.6) is 5.75 Å². The molecule has 1 amide bonds. The van der Waals surface area contributed by atoms with Crippen LogP contribution in [0.25, 0.3) is 0 Å². The minimum absolute atomic E-state index is 0.000330. The van der Waals surface area contributed by atoms with Gasteiger partial charge in [0.05, 0.1) is 5.02 Å². The molecule has 0 bridgehead atoms. The van der Waals surface area contributed by atoms with Gasteiger partial charge in [0, 0.05) is 43.6 Å². The Morgan fingerprint density at radius 2 is 2.00 bits per heavy atom. The van der Waals surface area contributed by atoms with Crippen LogP contribution in [-0.4, -0.2) is 58.9 Å². The predicted molar refractivity (Wildman–Crippen MR) is 79.3 cm³/mol. The number of carbonyl (C=O) groups is 1. The molecule has 1 fully saturated rings. The van der Waals surface area contributed by atoms with Gasteiger partial charge in [0.25, 0.3) is 5.91 Å². The van der Waals surface area contributed by atoms with E-state index in [0.29, 0.717) is 5.56 Å². The van der Waals surface area contributed by atoms with Gasteiger partial charge in [-0.2, -0.15) is 0 Å². The Kier molecular flexibility index (Phi) is 5.07. The van der Waals surface area contributed by atoms with E-state index in [4.69, 9.17) is 11.6 Å². The van der Waals surface area contributed by atoms with Gasteiger partial charge < -0.3 is 10.0 Å². The van der Waals surface area contributed by atoms with Crippen molar-refractivity contribution in [1.29, 1.82) is 0 Å². The summed E-state index contributed by atoms with van der Waals surface area (Å²) in [5.74, 6) is -0.0271. The number of rotatable bonds is 3. The van der Waals surface area contributed by atoms with Crippen molar-refractivity contribution in [1.82, 2.24) is 9.80 Å². The van der Waals surface area contributed by atoms with Crippen LogP contribution in [0.1, 0.15) is 10.4 Å². The minimum atomic E-state index is -0.0274.